The summed E-state index contributed by atoms with van der Waals surface area (Å²) >= 11 is 0. The van der Waals surface area contributed by atoms with Crippen molar-refractivity contribution in [3.63, 3.8) is 0 Å². The molecule has 0 saturated carbocycles. The number of carbonyl (C=O) groups is 2. The number of rotatable bonds is 5. The molecule has 1 heterocycles. The average molecular weight is 271 g/mol. The van der Waals surface area contributed by atoms with Crippen LogP contribution in [-0.4, -0.2) is 26.5 Å². The summed E-state index contributed by atoms with van der Waals surface area (Å²) in [5, 5.41) is 17.7. The van der Waals surface area contributed by atoms with Crippen molar-refractivity contribution in [2.24, 2.45) is 0 Å². The molecule has 20 heavy (non-hydrogen) atoms. The number of carbonyl (C=O) groups excluding carboxylic acids is 1. The van der Waals surface area contributed by atoms with Crippen LogP contribution in [0.4, 0.5) is 0 Å². The Labute approximate surface area is 115 Å². The predicted octanol–water partition coefficient (Wildman–Crippen LogP) is 2.25. The first-order chi connectivity index (χ1) is 9.58. The van der Waals surface area contributed by atoms with E-state index in [9.17, 15) is 9.59 Å². The summed E-state index contributed by atoms with van der Waals surface area (Å²) in [4.78, 5) is 22.4. The number of hydrogen-bond acceptors (Lipinski definition) is 3. The fourth-order valence-electron chi connectivity index (χ4n) is 1.82. The highest BCUT2D eigenvalue weighted by atomic mass is 16.4. The summed E-state index contributed by atoms with van der Waals surface area (Å²) < 4.78 is 1.70. The molecular formula is C15H13NO4. The van der Waals surface area contributed by atoms with Crippen LogP contribution in [0.3, 0.4) is 0 Å². The van der Waals surface area contributed by atoms with Crippen molar-refractivity contribution in [2.75, 3.05) is 0 Å². The van der Waals surface area contributed by atoms with Gasteiger partial charge in [-0.25, -0.2) is 4.79 Å². The molecule has 2 aromatic rings. The maximum Gasteiger partial charge on any atom is 0.371 e. The highest BCUT2D eigenvalue weighted by Gasteiger charge is 2.12. The lowest BCUT2D eigenvalue weighted by Crippen LogP contribution is -2.10. The van der Waals surface area contributed by atoms with E-state index in [2.05, 4.69) is 0 Å². The number of aliphatic carboxylic acids is 1. The lowest BCUT2D eigenvalue weighted by molar-refractivity contribution is -0.135. The minimum atomic E-state index is -1.53. The van der Waals surface area contributed by atoms with Crippen LogP contribution in [0.1, 0.15) is 16.1 Å². The highest BCUT2D eigenvalue weighted by molar-refractivity contribution is 6.06. The van der Waals surface area contributed by atoms with Crippen LogP contribution in [0.2, 0.25) is 0 Å². The summed E-state index contributed by atoms with van der Waals surface area (Å²) in [5.41, 5.74) is 1.34. The molecule has 0 radical (unpaired) electrons. The number of ketones is 1. The van der Waals surface area contributed by atoms with Gasteiger partial charge in [0.1, 0.15) is 0 Å². The lowest BCUT2D eigenvalue weighted by atomic mass is 10.2. The molecule has 0 bridgehead atoms. The molecule has 102 valence electrons. The summed E-state index contributed by atoms with van der Waals surface area (Å²) in [6.45, 7) is 0.497. The van der Waals surface area contributed by atoms with Gasteiger partial charge in [-0.2, -0.15) is 0 Å². The maximum atomic E-state index is 11.9. The fraction of sp³-hybridized carbons (Fsp3) is 0.0667. The predicted molar refractivity (Wildman–Crippen MR) is 72.7 cm³/mol. The monoisotopic (exact) mass is 271 g/mol. The molecule has 1 aromatic carbocycles. The van der Waals surface area contributed by atoms with E-state index >= 15 is 0 Å². The first-order valence-electron chi connectivity index (χ1n) is 5.95. The van der Waals surface area contributed by atoms with Crippen LogP contribution in [-0.2, 0) is 11.3 Å². The van der Waals surface area contributed by atoms with Gasteiger partial charge in [-0.05, 0) is 17.7 Å². The number of nitrogens with zero attached hydrogens (tertiary/aromatic N) is 1. The molecule has 0 atom stereocenters. The van der Waals surface area contributed by atoms with Gasteiger partial charge in [-0.1, -0.05) is 30.3 Å². The SMILES string of the molecule is O=C(O)C(O)=CC(=O)c1cccn1Cc1ccccc1. The largest absolute Gasteiger partial charge is 0.502 e. The Bertz CT molecular complexity index is 656. The lowest BCUT2D eigenvalue weighted by Gasteiger charge is -2.07. The van der Waals surface area contributed by atoms with E-state index < -0.39 is 17.5 Å². The van der Waals surface area contributed by atoms with Gasteiger partial charge >= 0.3 is 5.97 Å². The number of hydrogen-bond donors (Lipinski definition) is 2. The van der Waals surface area contributed by atoms with Gasteiger partial charge in [0.2, 0.25) is 11.5 Å². The fourth-order valence-corrected chi connectivity index (χ4v) is 1.82. The third-order valence-electron chi connectivity index (χ3n) is 2.76. The number of aromatic nitrogens is 1. The number of aliphatic hydroxyl groups excluding tert-OH is 1. The van der Waals surface area contributed by atoms with Crippen LogP contribution in [0.15, 0.2) is 60.5 Å². The quantitative estimate of drug-likeness (QED) is 0.496. The summed E-state index contributed by atoms with van der Waals surface area (Å²) in [7, 11) is 0. The number of carboxylic acid groups (broad SMARTS) is 1. The summed E-state index contributed by atoms with van der Waals surface area (Å²) in [5.74, 6) is -3.05. The Morgan fingerprint density at radius 2 is 1.75 bits per heavy atom. The van der Waals surface area contributed by atoms with E-state index in [-0.39, 0.29) is 0 Å². The highest BCUT2D eigenvalue weighted by Crippen LogP contribution is 2.10. The van der Waals surface area contributed by atoms with E-state index in [1.54, 1.807) is 22.9 Å². The molecule has 1 aromatic heterocycles. The Morgan fingerprint density at radius 1 is 1.05 bits per heavy atom. The van der Waals surface area contributed by atoms with Gasteiger partial charge < -0.3 is 14.8 Å². The first-order valence-corrected chi connectivity index (χ1v) is 5.95. The van der Waals surface area contributed by atoms with Crippen molar-refractivity contribution in [3.8, 4) is 0 Å². The van der Waals surface area contributed by atoms with Crippen LogP contribution >= 0.6 is 0 Å². The Balaban J connectivity index is 2.23. The molecule has 0 saturated heterocycles. The molecule has 0 aliphatic heterocycles. The van der Waals surface area contributed by atoms with Crippen LogP contribution < -0.4 is 0 Å². The van der Waals surface area contributed by atoms with E-state index in [1.807, 2.05) is 30.3 Å². The van der Waals surface area contributed by atoms with Gasteiger partial charge in [-0.15, -0.1) is 0 Å². The maximum absolute atomic E-state index is 11.9. The minimum Gasteiger partial charge on any atom is -0.502 e. The molecule has 0 amide bonds. The third-order valence-corrected chi connectivity index (χ3v) is 2.76. The summed E-state index contributed by atoms with van der Waals surface area (Å²) in [6, 6.07) is 12.8. The molecule has 0 aliphatic carbocycles. The van der Waals surface area contributed by atoms with Crippen molar-refractivity contribution in [2.45, 2.75) is 6.54 Å². The van der Waals surface area contributed by atoms with Crippen LogP contribution in [0.25, 0.3) is 0 Å². The summed E-state index contributed by atoms with van der Waals surface area (Å²) in [6.07, 6.45) is 2.44. The molecule has 0 fully saturated rings. The number of allylic oxidation sites excluding steroid dienone is 1. The van der Waals surface area contributed by atoms with E-state index in [0.29, 0.717) is 18.3 Å². The van der Waals surface area contributed by atoms with E-state index in [1.165, 1.54) is 0 Å². The molecule has 0 aliphatic rings. The second kappa shape index (κ2) is 5.88. The van der Waals surface area contributed by atoms with Gasteiger partial charge in [0, 0.05) is 18.8 Å². The standard InChI is InChI=1S/C15H13NO4/c17-13(9-14(18)15(19)20)12-7-4-8-16(12)10-11-5-2-1-3-6-11/h1-9,18H,10H2,(H,19,20). The van der Waals surface area contributed by atoms with Gasteiger partial charge in [0.25, 0.3) is 0 Å². The van der Waals surface area contributed by atoms with Crippen molar-refractivity contribution in [3.05, 3.63) is 71.8 Å². The van der Waals surface area contributed by atoms with Crippen LogP contribution in [0.5, 0.6) is 0 Å². The van der Waals surface area contributed by atoms with Gasteiger partial charge in [0.05, 0.1) is 5.69 Å². The molecule has 0 spiro atoms. The smallest absolute Gasteiger partial charge is 0.371 e. The zero-order valence-corrected chi connectivity index (χ0v) is 10.6. The second-order valence-electron chi connectivity index (χ2n) is 4.21. The first kappa shape index (κ1) is 13.6. The van der Waals surface area contributed by atoms with Gasteiger partial charge in [0.15, 0.2) is 0 Å². The van der Waals surface area contributed by atoms with Gasteiger partial charge in [-0.3, -0.25) is 4.79 Å². The Kier molecular flexibility index (Phi) is 4.00. The average Bonchev–Trinajstić information content (AvgIpc) is 2.88. The molecule has 2 N–H and O–H groups in total. The zero-order chi connectivity index (χ0) is 14.5. The molecular weight excluding hydrogens is 258 g/mol. The second-order valence-corrected chi connectivity index (χ2v) is 4.21. The molecule has 5 nitrogen and oxygen atoms in total. The Morgan fingerprint density at radius 3 is 2.40 bits per heavy atom. The van der Waals surface area contributed by atoms with Crippen LogP contribution in [0, 0.1) is 0 Å². The minimum absolute atomic E-state index is 0.321. The Hall–Kier alpha value is -2.82. The number of carboxylic acids is 1. The molecule has 0 unspecified atom stereocenters. The number of benzene rings is 1. The van der Waals surface area contributed by atoms with E-state index in [4.69, 9.17) is 10.2 Å². The third kappa shape index (κ3) is 3.14. The molecule has 5 heteroatoms. The van der Waals surface area contributed by atoms with Crippen molar-refractivity contribution >= 4 is 11.8 Å². The number of aliphatic hydroxyl groups is 1. The topological polar surface area (TPSA) is 79.5 Å². The zero-order valence-electron chi connectivity index (χ0n) is 10.6. The van der Waals surface area contributed by atoms with E-state index in [0.717, 1.165) is 5.56 Å². The normalized spacial score (nSPS) is 11.3. The van der Waals surface area contributed by atoms with Crippen molar-refractivity contribution in [1.29, 1.82) is 0 Å². The molecule has 2 rings (SSSR count). The van der Waals surface area contributed by atoms with Crippen molar-refractivity contribution < 1.29 is 19.8 Å². The van der Waals surface area contributed by atoms with Crippen molar-refractivity contribution in [1.82, 2.24) is 4.57 Å².